The van der Waals surface area contributed by atoms with Crippen LogP contribution in [0.1, 0.15) is 25.5 Å². The molecule has 0 amide bonds. The van der Waals surface area contributed by atoms with E-state index in [4.69, 9.17) is 15.6 Å². The molecule has 0 radical (unpaired) electrons. The number of aliphatic hydroxyl groups excluding tert-OH is 1. The second-order valence-electron chi connectivity index (χ2n) is 4.01. The van der Waals surface area contributed by atoms with Crippen molar-refractivity contribution in [1.82, 2.24) is 0 Å². The summed E-state index contributed by atoms with van der Waals surface area (Å²) in [4.78, 5) is 10.7. The first-order chi connectivity index (χ1) is 7.93. The van der Waals surface area contributed by atoms with Gasteiger partial charge in [-0.3, -0.25) is 4.79 Å². The Morgan fingerprint density at radius 2 is 1.94 bits per heavy atom. The molecule has 5 nitrogen and oxygen atoms in total. The Kier molecular flexibility index (Phi) is 4.48. The third-order valence-electron chi connectivity index (χ3n) is 2.23. The van der Waals surface area contributed by atoms with E-state index < -0.39 is 18.1 Å². The number of rotatable bonds is 5. The Morgan fingerprint density at radius 3 is 2.47 bits per heavy atom. The van der Waals surface area contributed by atoms with Crippen molar-refractivity contribution in [3.8, 4) is 5.75 Å². The van der Waals surface area contributed by atoms with E-state index in [0.29, 0.717) is 11.3 Å². The number of carbonyl (C=O) groups is 1. The van der Waals surface area contributed by atoms with Crippen molar-refractivity contribution in [1.29, 1.82) is 0 Å². The molecule has 0 heterocycles. The van der Waals surface area contributed by atoms with E-state index in [0.717, 1.165) is 0 Å². The third kappa shape index (κ3) is 3.44. The van der Waals surface area contributed by atoms with Crippen LogP contribution >= 0.6 is 0 Å². The zero-order chi connectivity index (χ0) is 13.0. The number of benzene rings is 1. The van der Waals surface area contributed by atoms with Crippen LogP contribution in [0.3, 0.4) is 0 Å². The van der Waals surface area contributed by atoms with E-state index >= 15 is 0 Å². The molecule has 0 spiro atoms. The zero-order valence-corrected chi connectivity index (χ0v) is 9.83. The smallest absolute Gasteiger partial charge is 0.323 e. The summed E-state index contributed by atoms with van der Waals surface area (Å²) in [6, 6.07) is 5.35. The average molecular weight is 239 g/mol. The summed E-state index contributed by atoms with van der Waals surface area (Å²) < 4.78 is 5.49. The first kappa shape index (κ1) is 13.5. The molecule has 0 aliphatic carbocycles. The lowest BCUT2D eigenvalue weighted by Gasteiger charge is -2.20. The number of nitrogens with two attached hydrogens (primary N) is 1. The third-order valence-corrected chi connectivity index (χ3v) is 2.23. The van der Waals surface area contributed by atoms with Crippen molar-refractivity contribution in [3.63, 3.8) is 0 Å². The molecule has 0 aliphatic rings. The van der Waals surface area contributed by atoms with Crippen molar-refractivity contribution in [2.75, 3.05) is 0 Å². The maximum atomic E-state index is 10.7. The fourth-order valence-corrected chi connectivity index (χ4v) is 1.41. The van der Waals surface area contributed by atoms with Gasteiger partial charge in [0.1, 0.15) is 17.9 Å². The van der Waals surface area contributed by atoms with Gasteiger partial charge in [-0.05, 0) is 19.9 Å². The molecular formula is C12H17NO4. The summed E-state index contributed by atoms with van der Waals surface area (Å²) in [5.41, 5.74) is 5.77. The Hall–Kier alpha value is -1.59. The van der Waals surface area contributed by atoms with Gasteiger partial charge in [0.15, 0.2) is 0 Å². The molecule has 0 saturated carbocycles. The molecule has 0 saturated heterocycles. The summed E-state index contributed by atoms with van der Waals surface area (Å²) in [6.07, 6.45) is -1.35. The normalized spacial score (nSPS) is 14.4. The van der Waals surface area contributed by atoms with Crippen molar-refractivity contribution in [2.45, 2.75) is 32.1 Å². The number of aliphatic hydroxyl groups is 1. The molecule has 2 atom stereocenters. The second kappa shape index (κ2) is 5.65. The van der Waals surface area contributed by atoms with Gasteiger partial charge in [0, 0.05) is 5.56 Å². The molecule has 17 heavy (non-hydrogen) atoms. The number of aliphatic carboxylic acids is 1. The molecule has 0 aliphatic heterocycles. The highest BCUT2D eigenvalue weighted by Gasteiger charge is 2.26. The SMILES string of the molecule is CC(C)Oc1ccccc1C(O)C(N)C(=O)O. The molecular weight excluding hydrogens is 222 g/mol. The van der Waals surface area contributed by atoms with Crippen LogP contribution in [0, 0.1) is 0 Å². The molecule has 2 unspecified atom stereocenters. The number of carboxylic acids is 1. The van der Waals surface area contributed by atoms with E-state index in [-0.39, 0.29) is 6.10 Å². The van der Waals surface area contributed by atoms with Crippen LogP contribution in [-0.2, 0) is 4.79 Å². The maximum Gasteiger partial charge on any atom is 0.323 e. The molecule has 4 N–H and O–H groups in total. The predicted octanol–water partition coefficient (Wildman–Crippen LogP) is 0.919. The fourth-order valence-electron chi connectivity index (χ4n) is 1.41. The van der Waals surface area contributed by atoms with Crippen LogP contribution in [0.5, 0.6) is 5.75 Å². The Labute approximate surface area is 99.8 Å². The first-order valence-corrected chi connectivity index (χ1v) is 5.35. The van der Waals surface area contributed by atoms with E-state index in [9.17, 15) is 9.90 Å². The van der Waals surface area contributed by atoms with Crippen LogP contribution in [0.25, 0.3) is 0 Å². The van der Waals surface area contributed by atoms with Gasteiger partial charge >= 0.3 is 5.97 Å². The van der Waals surface area contributed by atoms with Crippen LogP contribution in [0.4, 0.5) is 0 Å². The Balaban J connectivity index is 3.00. The fraction of sp³-hybridized carbons (Fsp3) is 0.417. The molecule has 94 valence electrons. The predicted molar refractivity (Wildman–Crippen MR) is 62.8 cm³/mol. The highest BCUT2D eigenvalue weighted by molar-refractivity contribution is 5.74. The summed E-state index contributed by atoms with van der Waals surface area (Å²) in [5.74, 6) is -0.802. The molecule has 1 rings (SSSR count). The van der Waals surface area contributed by atoms with E-state index in [1.807, 2.05) is 13.8 Å². The van der Waals surface area contributed by atoms with Gasteiger partial charge in [-0.25, -0.2) is 0 Å². The first-order valence-electron chi connectivity index (χ1n) is 5.35. The molecule has 0 fully saturated rings. The number of hydrogen-bond donors (Lipinski definition) is 3. The zero-order valence-electron chi connectivity index (χ0n) is 9.83. The maximum absolute atomic E-state index is 10.7. The van der Waals surface area contributed by atoms with Gasteiger partial charge in [0.2, 0.25) is 0 Å². The molecule has 5 heteroatoms. The van der Waals surface area contributed by atoms with Gasteiger partial charge < -0.3 is 20.7 Å². The number of para-hydroxylation sites is 1. The molecule has 0 bridgehead atoms. The molecule has 0 aromatic heterocycles. The lowest BCUT2D eigenvalue weighted by Crippen LogP contribution is -2.36. The van der Waals surface area contributed by atoms with Crippen LogP contribution in [-0.4, -0.2) is 28.3 Å². The summed E-state index contributed by atoms with van der Waals surface area (Å²) in [7, 11) is 0. The van der Waals surface area contributed by atoms with Crippen molar-refractivity contribution < 1.29 is 19.7 Å². The average Bonchev–Trinajstić information content (AvgIpc) is 2.27. The van der Waals surface area contributed by atoms with E-state index in [1.54, 1.807) is 24.3 Å². The highest BCUT2D eigenvalue weighted by atomic mass is 16.5. The highest BCUT2D eigenvalue weighted by Crippen LogP contribution is 2.27. The largest absolute Gasteiger partial charge is 0.491 e. The minimum atomic E-state index is -1.37. The molecule has 1 aromatic carbocycles. The number of hydrogen-bond acceptors (Lipinski definition) is 4. The number of ether oxygens (including phenoxy) is 1. The van der Waals surface area contributed by atoms with Crippen LogP contribution in [0.15, 0.2) is 24.3 Å². The van der Waals surface area contributed by atoms with Gasteiger partial charge in [0.25, 0.3) is 0 Å². The quantitative estimate of drug-likeness (QED) is 0.710. The van der Waals surface area contributed by atoms with E-state index in [1.165, 1.54) is 0 Å². The van der Waals surface area contributed by atoms with Crippen molar-refractivity contribution in [2.24, 2.45) is 5.73 Å². The van der Waals surface area contributed by atoms with Gasteiger partial charge in [0.05, 0.1) is 6.10 Å². The lowest BCUT2D eigenvalue weighted by atomic mass is 10.0. The topological polar surface area (TPSA) is 92.8 Å². The van der Waals surface area contributed by atoms with Crippen LogP contribution in [0.2, 0.25) is 0 Å². The minimum absolute atomic E-state index is 0.0654. The van der Waals surface area contributed by atoms with Crippen molar-refractivity contribution in [3.05, 3.63) is 29.8 Å². The van der Waals surface area contributed by atoms with Crippen LogP contribution < -0.4 is 10.5 Å². The van der Waals surface area contributed by atoms with Gasteiger partial charge in [-0.2, -0.15) is 0 Å². The summed E-state index contributed by atoms with van der Waals surface area (Å²) >= 11 is 0. The Morgan fingerprint density at radius 1 is 1.35 bits per heavy atom. The standard InChI is InChI=1S/C12H17NO4/c1-7(2)17-9-6-4-3-5-8(9)11(14)10(13)12(15)16/h3-7,10-11,14H,13H2,1-2H3,(H,15,16). The summed E-state index contributed by atoms with van der Waals surface area (Å²) in [6.45, 7) is 3.70. The summed E-state index contributed by atoms with van der Waals surface area (Å²) in [5, 5.41) is 18.6. The Bertz CT molecular complexity index is 392. The van der Waals surface area contributed by atoms with Gasteiger partial charge in [-0.1, -0.05) is 18.2 Å². The van der Waals surface area contributed by atoms with Gasteiger partial charge in [-0.15, -0.1) is 0 Å². The minimum Gasteiger partial charge on any atom is -0.491 e. The van der Waals surface area contributed by atoms with Crippen molar-refractivity contribution >= 4 is 5.97 Å². The lowest BCUT2D eigenvalue weighted by molar-refractivity contribution is -0.141. The van der Waals surface area contributed by atoms with E-state index in [2.05, 4.69) is 0 Å². The monoisotopic (exact) mass is 239 g/mol. The number of carboxylic acid groups (broad SMARTS) is 1. The molecule has 1 aromatic rings. The second-order valence-corrected chi connectivity index (χ2v) is 4.01.